The van der Waals surface area contributed by atoms with Gasteiger partial charge in [0, 0.05) is 11.5 Å². The quantitative estimate of drug-likeness (QED) is 0.606. The summed E-state index contributed by atoms with van der Waals surface area (Å²) in [5.41, 5.74) is 3.06. The summed E-state index contributed by atoms with van der Waals surface area (Å²) in [5.74, 6) is 2.39. The molecule has 0 bridgehead atoms. The van der Waals surface area contributed by atoms with Crippen molar-refractivity contribution in [3.05, 3.63) is 47.5 Å². The third-order valence-corrected chi connectivity index (χ3v) is 3.61. The Balaban J connectivity index is 2.36. The summed E-state index contributed by atoms with van der Waals surface area (Å²) < 4.78 is 0. The lowest BCUT2D eigenvalue weighted by Gasteiger charge is -2.01. The summed E-state index contributed by atoms with van der Waals surface area (Å²) in [7, 11) is 0. The highest BCUT2D eigenvalue weighted by Crippen LogP contribution is 2.32. The Hall–Kier alpha value is -0.950. The molecule has 0 N–H and O–H groups in total. The molecule has 0 spiro atoms. The Labute approximate surface area is 82.0 Å². The van der Waals surface area contributed by atoms with Crippen molar-refractivity contribution in [2.75, 3.05) is 0 Å². The number of rotatable bonds is 0. The molecule has 0 radical (unpaired) electrons. The van der Waals surface area contributed by atoms with E-state index in [2.05, 4.69) is 36.4 Å². The molecule has 0 atom stereocenters. The van der Waals surface area contributed by atoms with Gasteiger partial charge >= 0.3 is 0 Å². The van der Waals surface area contributed by atoms with E-state index in [4.69, 9.17) is 0 Å². The second-order valence-electron chi connectivity index (χ2n) is 3.46. The van der Waals surface area contributed by atoms with Gasteiger partial charge in [-0.25, -0.2) is 0 Å². The highest BCUT2D eigenvalue weighted by molar-refractivity contribution is 7.98. The van der Waals surface area contributed by atoms with Crippen LogP contribution in [0.1, 0.15) is 11.1 Å². The van der Waals surface area contributed by atoms with Gasteiger partial charge in [-0.2, -0.15) is 11.8 Å². The van der Waals surface area contributed by atoms with Crippen LogP contribution in [0, 0.1) is 0 Å². The molecular formula is C12H10S. The Bertz CT molecular complexity index is 417. The molecule has 0 nitrogen and oxygen atoms in total. The van der Waals surface area contributed by atoms with E-state index < -0.39 is 0 Å². The van der Waals surface area contributed by atoms with E-state index >= 15 is 0 Å². The van der Waals surface area contributed by atoms with Gasteiger partial charge in [-0.05, 0) is 21.9 Å². The van der Waals surface area contributed by atoms with Gasteiger partial charge in [0.2, 0.25) is 0 Å². The highest BCUT2D eigenvalue weighted by atomic mass is 32.2. The summed E-state index contributed by atoms with van der Waals surface area (Å²) in [4.78, 5) is 0. The molecule has 3 rings (SSSR count). The molecule has 0 amide bonds. The molecule has 2 aromatic rings. The maximum absolute atomic E-state index is 2.34. The van der Waals surface area contributed by atoms with Crippen LogP contribution < -0.4 is 0 Å². The molecular weight excluding hydrogens is 176 g/mol. The summed E-state index contributed by atoms with van der Waals surface area (Å²) >= 11 is 2.01. The van der Waals surface area contributed by atoms with E-state index in [0.29, 0.717) is 0 Å². The molecule has 0 saturated carbocycles. The smallest absolute Gasteiger partial charge is 0.0191 e. The van der Waals surface area contributed by atoms with Gasteiger partial charge < -0.3 is 0 Å². The van der Waals surface area contributed by atoms with Crippen LogP contribution in [0.5, 0.6) is 0 Å². The van der Waals surface area contributed by atoms with E-state index in [1.54, 1.807) is 0 Å². The summed E-state index contributed by atoms with van der Waals surface area (Å²) in [6, 6.07) is 13.3. The number of fused-ring (bicyclic) bond motifs is 2. The van der Waals surface area contributed by atoms with E-state index in [-0.39, 0.29) is 0 Å². The highest BCUT2D eigenvalue weighted by Gasteiger charge is 2.11. The lowest BCUT2D eigenvalue weighted by Crippen LogP contribution is -1.82. The van der Waals surface area contributed by atoms with Crippen LogP contribution in [-0.4, -0.2) is 0 Å². The second kappa shape index (κ2) is 2.78. The van der Waals surface area contributed by atoms with Gasteiger partial charge in [-0.3, -0.25) is 0 Å². The van der Waals surface area contributed by atoms with Gasteiger partial charge in [-0.15, -0.1) is 0 Å². The average Bonchev–Trinajstić information content (AvgIpc) is 2.61. The summed E-state index contributed by atoms with van der Waals surface area (Å²) in [5, 5.41) is 2.76. The normalized spacial score (nSPS) is 14.8. The molecule has 0 aliphatic carbocycles. The Morgan fingerprint density at radius 2 is 1.38 bits per heavy atom. The van der Waals surface area contributed by atoms with E-state index in [1.165, 1.54) is 33.4 Å². The van der Waals surface area contributed by atoms with Crippen molar-refractivity contribution in [1.29, 1.82) is 0 Å². The Morgan fingerprint density at radius 3 is 1.92 bits per heavy atom. The van der Waals surface area contributed by atoms with E-state index in [1.807, 2.05) is 11.8 Å². The van der Waals surface area contributed by atoms with Crippen molar-refractivity contribution in [3.63, 3.8) is 0 Å². The molecule has 0 unspecified atom stereocenters. The fourth-order valence-electron chi connectivity index (χ4n) is 1.87. The predicted octanol–water partition coefficient (Wildman–Crippen LogP) is 3.59. The molecule has 1 aliphatic heterocycles. The minimum atomic E-state index is 1.19. The van der Waals surface area contributed by atoms with Crippen molar-refractivity contribution in [2.24, 2.45) is 0 Å². The third-order valence-electron chi connectivity index (χ3n) is 2.58. The maximum Gasteiger partial charge on any atom is 0.0191 e. The number of hydrogen-bond donors (Lipinski definition) is 0. The van der Waals surface area contributed by atoms with Gasteiger partial charge in [0.1, 0.15) is 0 Å². The molecule has 1 heterocycles. The maximum atomic E-state index is 2.34. The van der Waals surface area contributed by atoms with Gasteiger partial charge in [0.05, 0.1) is 0 Å². The minimum absolute atomic E-state index is 1.19. The van der Waals surface area contributed by atoms with Crippen LogP contribution in [0.4, 0.5) is 0 Å². The first kappa shape index (κ1) is 7.45. The van der Waals surface area contributed by atoms with E-state index in [0.717, 1.165) is 0 Å². The van der Waals surface area contributed by atoms with Crippen LogP contribution in [0.15, 0.2) is 36.4 Å². The van der Waals surface area contributed by atoms with Crippen molar-refractivity contribution in [3.8, 4) is 0 Å². The average molecular weight is 186 g/mol. The van der Waals surface area contributed by atoms with Gasteiger partial charge in [-0.1, -0.05) is 36.4 Å². The molecule has 0 aromatic heterocycles. The first-order valence-electron chi connectivity index (χ1n) is 4.52. The topological polar surface area (TPSA) is 0 Å². The fraction of sp³-hybridized carbons (Fsp3) is 0.167. The molecule has 1 aliphatic rings. The largest absolute Gasteiger partial charge is 0.152 e. The van der Waals surface area contributed by atoms with Crippen LogP contribution in [-0.2, 0) is 11.5 Å². The zero-order valence-corrected chi connectivity index (χ0v) is 8.10. The number of benzene rings is 2. The van der Waals surface area contributed by atoms with Crippen LogP contribution >= 0.6 is 11.8 Å². The van der Waals surface area contributed by atoms with Crippen LogP contribution in [0.2, 0.25) is 0 Å². The number of hydrogen-bond acceptors (Lipinski definition) is 1. The third kappa shape index (κ3) is 1.15. The first-order valence-corrected chi connectivity index (χ1v) is 5.67. The van der Waals surface area contributed by atoms with Gasteiger partial charge in [0.25, 0.3) is 0 Å². The minimum Gasteiger partial charge on any atom is -0.152 e. The summed E-state index contributed by atoms with van der Waals surface area (Å²) in [6.45, 7) is 0. The first-order chi connectivity index (χ1) is 6.43. The van der Waals surface area contributed by atoms with Crippen LogP contribution in [0.3, 0.4) is 0 Å². The lowest BCUT2D eigenvalue weighted by molar-refractivity contribution is 1.37. The standard InChI is InChI=1S/C12H10S/c1-2-4-10-6-12-8-13-7-11(12)5-9(10)3-1/h1-6H,7-8H2. The summed E-state index contributed by atoms with van der Waals surface area (Å²) in [6.07, 6.45) is 0. The monoisotopic (exact) mass is 186 g/mol. The zero-order valence-electron chi connectivity index (χ0n) is 7.29. The second-order valence-corrected chi connectivity index (χ2v) is 4.45. The zero-order chi connectivity index (χ0) is 8.67. The number of thioether (sulfide) groups is 1. The molecule has 2 aromatic carbocycles. The SMILES string of the molecule is c1ccc2cc3c(cc2c1)CSC3. The molecule has 13 heavy (non-hydrogen) atoms. The van der Waals surface area contributed by atoms with Crippen molar-refractivity contribution < 1.29 is 0 Å². The molecule has 1 heteroatoms. The van der Waals surface area contributed by atoms with Crippen LogP contribution in [0.25, 0.3) is 10.8 Å². The Kier molecular flexibility index (Phi) is 1.59. The predicted molar refractivity (Wildman–Crippen MR) is 58.9 cm³/mol. The van der Waals surface area contributed by atoms with Crippen molar-refractivity contribution >= 4 is 22.5 Å². The fourth-order valence-corrected chi connectivity index (χ4v) is 2.95. The Morgan fingerprint density at radius 1 is 0.846 bits per heavy atom. The molecule has 64 valence electrons. The van der Waals surface area contributed by atoms with Gasteiger partial charge in [0.15, 0.2) is 0 Å². The van der Waals surface area contributed by atoms with Crippen molar-refractivity contribution in [1.82, 2.24) is 0 Å². The molecule has 0 saturated heterocycles. The van der Waals surface area contributed by atoms with Crippen molar-refractivity contribution in [2.45, 2.75) is 11.5 Å². The lowest BCUT2D eigenvalue weighted by atomic mass is 10.0. The molecule has 0 fully saturated rings. The van der Waals surface area contributed by atoms with E-state index in [9.17, 15) is 0 Å².